The summed E-state index contributed by atoms with van der Waals surface area (Å²) in [5.74, 6) is 0.918. The summed E-state index contributed by atoms with van der Waals surface area (Å²) in [6.45, 7) is 6.56. The van der Waals surface area contributed by atoms with Crippen molar-refractivity contribution in [3.63, 3.8) is 0 Å². The van der Waals surface area contributed by atoms with Gasteiger partial charge in [-0.05, 0) is 37.5 Å². The van der Waals surface area contributed by atoms with Crippen molar-refractivity contribution in [2.45, 2.75) is 51.7 Å². The molecule has 0 radical (unpaired) electrons. The van der Waals surface area contributed by atoms with Gasteiger partial charge in [0.05, 0.1) is 6.10 Å². The minimum atomic E-state index is -1.97. The van der Waals surface area contributed by atoms with Gasteiger partial charge in [-0.2, -0.15) is 0 Å². The maximum Gasteiger partial charge on any atom is 0.102 e. The average Bonchev–Trinajstić information content (AvgIpc) is 2.68. The summed E-state index contributed by atoms with van der Waals surface area (Å²) in [4.78, 5) is 0. The number of fused-ring (bicyclic) bond motifs is 3. The van der Waals surface area contributed by atoms with Gasteiger partial charge < -0.3 is 9.29 Å². The molecule has 0 aromatic heterocycles. The quantitative estimate of drug-likeness (QED) is 0.549. The van der Waals surface area contributed by atoms with E-state index in [9.17, 15) is 8.76 Å². The van der Waals surface area contributed by atoms with Gasteiger partial charge in [0.25, 0.3) is 0 Å². The van der Waals surface area contributed by atoms with Crippen LogP contribution in [0.3, 0.4) is 0 Å². The number of ether oxygens (including phenoxy) is 1. The second kappa shape index (κ2) is 2.90. The van der Waals surface area contributed by atoms with E-state index in [-0.39, 0.29) is 28.3 Å². The third-order valence-electron chi connectivity index (χ3n) is 5.88. The van der Waals surface area contributed by atoms with Gasteiger partial charge in [-0.15, -0.1) is 0 Å². The Kier molecular flexibility index (Phi) is 2.03. The van der Waals surface area contributed by atoms with E-state index >= 15 is 0 Å². The first-order chi connectivity index (χ1) is 7.36. The van der Waals surface area contributed by atoms with E-state index in [1.165, 1.54) is 6.42 Å². The van der Waals surface area contributed by atoms with Crippen LogP contribution in [0.5, 0.6) is 0 Å². The zero-order chi connectivity index (χ0) is 11.8. The van der Waals surface area contributed by atoms with Crippen molar-refractivity contribution in [1.82, 2.24) is 0 Å². The summed E-state index contributed by atoms with van der Waals surface area (Å²) < 4.78 is 28.3. The molecule has 5 atom stereocenters. The highest BCUT2D eigenvalue weighted by Gasteiger charge is 2.79. The van der Waals surface area contributed by atoms with E-state index in [2.05, 4.69) is 20.8 Å². The first kappa shape index (κ1) is 11.2. The fourth-order valence-corrected chi connectivity index (χ4v) is 5.91. The molecule has 3 unspecified atom stereocenters. The minimum Gasteiger partial charge on any atom is -0.772 e. The van der Waals surface area contributed by atoms with Gasteiger partial charge in [0.15, 0.2) is 0 Å². The molecule has 1 aliphatic heterocycles. The van der Waals surface area contributed by atoms with Gasteiger partial charge in [-0.3, -0.25) is 4.21 Å². The van der Waals surface area contributed by atoms with Crippen molar-refractivity contribution < 1.29 is 13.5 Å². The molecule has 2 bridgehead atoms. The highest BCUT2D eigenvalue weighted by molar-refractivity contribution is 7.79. The van der Waals surface area contributed by atoms with E-state index < -0.39 is 11.1 Å². The first-order valence-electron chi connectivity index (χ1n) is 6.09. The number of hydrogen-bond acceptors (Lipinski definition) is 3. The molecule has 4 heteroatoms. The predicted octanol–water partition coefficient (Wildman–Crippen LogP) is 1.85. The second-order valence-corrected chi connectivity index (χ2v) is 7.24. The van der Waals surface area contributed by atoms with Crippen LogP contribution < -0.4 is 0 Å². The lowest BCUT2D eigenvalue weighted by atomic mass is 9.65. The maximum absolute atomic E-state index is 11.2. The second-order valence-electron chi connectivity index (χ2n) is 6.34. The average molecular weight is 243 g/mol. The topological polar surface area (TPSA) is 52.7 Å². The third-order valence-corrected chi connectivity index (χ3v) is 6.61. The van der Waals surface area contributed by atoms with Crippen LogP contribution in [0.15, 0.2) is 0 Å². The summed E-state index contributed by atoms with van der Waals surface area (Å²) >= 11 is -1.97. The normalized spacial score (nSPS) is 54.5. The van der Waals surface area contributed by atoms with E-state index in [1.807, 2.05) is 0 Å². The van der Waals surface area contributed by atoms with Crippen molar-refractivity contribution in [2.24, 2.45) is 16.7 Å². The Labute approximate surface area is 99.2 Å². The van der Waals surface area contributed by atoms with Crippen molar-refractivity contribution in [3.05, 3.63) is 0 Å². The third kappa shape index (κ3) is 0.998. The monoisotopic (exact) mass is 243 g/mol. The van der Waals surface area contributed by atoms with E-state index in [1.54, 1.807) is 0 Å². The summed E-state index contributed by atoms with van der Waals surface area (Å²) in [7, 11) is 0. The summed E-state index contributed by atoms with van der Waals surface area (Å²) in [6, 6.07) is 0. The van der Waals surface area contributed by atoms with Crippen molar-refractivity contribution >= 4 is 11.1 Å². The van der Waals surface area contributed by atoms with Crippen LogP contribution in [0, 0.1) is 16.7 Å². The number of rotatable bonds is 2. The molecule has 92 valence electrons. The van der Waals surface area contributed by atoms with Gasteiger partial charge in [-0.1, -0.05) is 24.9 Å². The smallest absolute Gasteiger partial charge is 0.102 e. The molecule has 16 heavy (non-hydrogen) atoms. The highest BCUT2D eigenvalue weighted by Crippen LogP contribution is 2.76. The molecule has 0 amide bonds. The fourth-order valence-electron chi connectivity index (χ4n) is 4.75. The molecule has 0 aromatic rings. The molecule has 3 rings (SSSR count). The van der Waals surface area contributed by atoms with Crippen LogP contribution in [-0.2, 0) is 15.8 Å². The highest BCUT2D eigenvalue weighted by atomic mass is 32.2. The molecule has 1 heterocycles. The minimum absolute atomic E-state index is 0.109. The molecule has 0 aromatic carbocycles. The molecule has 2 saturated carbocycles. The van der Waals surface area contributed by atoms with Crippen LogP contribution in [0.2, 0.25) is 0 Å². The van der Waals surface area contributed by atoms with Crippen LogP contribution in [0.4, 0.5) is 0 Å². The van der Waals surface area contributed by atoms with Crippen LogP contribution in [0.1, 0.15) is 40.0 Å². The Bertz CT molecular complexity index is 367. The molecule has 0 N–H and O–H groups in total. The van der Waals surface area contributed by atoms with Crippen LogP contribution in [-0.4, -0.2) is 26.2 Å². The molecule has 3 aliphatic rings. The Morgan fingerprint density at radius 1 is 1.50 bits per heavy atom. The van der Waals surface area contributed by atoms with E-state index in [4.69, 9.17) is 4.74 Å². The lowest BCUT2D eigenvalue weighted by molar-refractivity contribution is 0.0729. The fraction of sp³-hybridized carbons (Fsp3) is 1.00. The lowest BCUT2D eigenvalue weighted by Gasteiger charge is -2.42. The van der Waals surface area contributed by atoms with E-state index in [0.29, 0.717) is 5.92 Å². The number of epoxide rings is 1. The standard InChI is InChI=1S/C12H20O3S/c1-8-12(15-8)6-9-4-5-11(12,7-16(13)14)10(9,2)3/h8-9H,4-7H2,1-3H3,(H,13,14)/p-1/t8-,9?,11+,12?/m0/s1. The first-order valence-corrected chi connectivity index (χ1v) is 7.34. The van der Waals surface area contributed by atoms with Crippen molar-refractivity contribution in [2.75, 3.05) is 5.75 Å². The maximum atomic E-state index is 11.2. The molecule has 2 aliphatic carbocycles. The summed E-state index contributed by atoms with van der Waals surface area (Å²) in [6.07, 6.45) is 3.50. The van der Waals surface area contributed by atoms with Crippen LogP contribution in [0.25, 0.3) is 0 Å². The lowest BCUT2D eigenvalue weighted by Crippen LogP contribution is -2.46. The Balaban J connectivity index is 2.05. The van der Waals surface area contributed by atoms with Gasteiger partial charge in [-0.25, -0.2) is 0 Å². The van der Waals surface area contributed by atoms with Crippen molar-refractivity contribution in [3.8, 4) is 0 Å². The SMILES string of the molecule is C[C@@H]1OC12CC1CC[C@@]2(CS(=O)[O-])C1(C)C. The van der Waals surface area contributed by atoms with Gasteiger partial charge in [0, 0.05) is 11.2 Å². The zero-order valence-corrected chi connectivity index (χ0v) is 10.9. The van der Waals surface area contributed by atoms with Gasteiger partial charge >= 0.3 is 0 Å². The molecule has 1 spiro atoms. The Morgan fingerprint density at radius 2 is 2.12 bits per heavy atom. The Hall–Kier alpha value is 0.0700. The Morgan fingerprint density at radius 3 is 2.56 bits per heavy atom. The molecular formula is C12H19O3S-. The molecule has 1 saturated heterocycles. The predicted molar refractivity (Wildman–Crippen MR) is 60.6 cm³/mol. The molecular weight excluding hydrogens is 224 g/mol. The van der Waals surface area contributed by atoms with Crippen molar-refractivity contribution in [1.29, 1.82) is 0 Å². The molecule has 3 nitrogen and oxygen atoms in total. The van der Waals surface area contributed by atoms with E-state index in [0.717, 1.165) is 12.8 Å². The molecule has 3 fully saturated rings. The summed E-state index contributed by atoms with van der Waals surface area (Å²) in [5, 5.41) is 0. The zero-order valence-electron chi connectivity index (χ0n) is 10.1. The van der Waals surface area contributed by atoms with Crippen LogP contribution >= 0.6 is 0 Å². The van der Waals surface area contributed by atoms with Gasteiger partial charge in [0.2, 0.25) is 0 Å². The largest absolute Gasteiger partial charge is 0.772 e. The summed E-state index contributed by atoms with van der Waals surface area (Å²) in [5.41, 5.74) is -0.131. The number of hydrogen-bond donors (Lipinski definition) is 0. The van der Waals surface area contributed by atoms with Gasteiger partial charge in [0.1, 0.15) is 5.60 Å².